The average molecular weight is 397 g/mol. The van der Waals surface area contributed by atoms with Crippen LogP contribution in [0.15, 0.2) is 46.6 Å². The Kier molecular flexibility index (Phi) is 6.03. The van der Waals surface area contributed by atoms with Gasteiger partial charge in [0.1, 0.15) is 0 Å². The number of hydrogen-bond acceptors (Lipinski definition) is 4. The average Bonchev–Trinajstić information content (AvgIpc) is 2.74. The Morgan fingerprint density at radius 3 is 1.52 bits per heavy atom. The van der Waals surface area contributed by atoms with Gasteiger partial charge in [0.05, 0.1) is 12.2 Å². The molecule has 0 N–H and O–H groups in total. The van der Waals surface area contributed by atoms with Gasteiger partial charge in [-0.3, -0.25) is 9.59 Å². The van der Waals surface area contributed by atoms with E-state index in [9.17, 15) is 9.59 Å². The molecule has 4 rings (SSSR count). The summed E-state index contributed by atoms with van der Waals surface area (Å²) in [6.45, 7) is 5.54. The van der Waals surface area contributed by atoms with E-state index in [0.717, 1.165) is 74.0 Å². The highest BCUT2D eigenvalue weighted by Crippen LogP contribution is 2.42. The van der Waals surface area contributed by atoms with Gasteiger partial charge in [0.25, 0.3) is 0 Å². The summed E-state index contributed by atoms with van der Waals surface area (Å²) in [6, 6.07) is 0. The van der Waals surface area contributed by atoms with Crippen LogP contribution in [0.3, 0.4) is 0 Å². The molecule has 2 aliphatic heterocycles. The second-order valence-corrected chi connectivity index (χ2v) is 9.18. The molecule has 156 valence electrons. The van der Waals surface area contributed by atoms with Crippen molar-refractivity contribution < 1.29 is 19.1 Å². The van der Waals surface area contributed by atoms with E-state index in [1.807, 2.05) is 26.0 Å². The van der Waals surface area contributed by atoms with E-state index < -0.39 is 5.41 Å². The van der Waals surface area contributed by atoms with Gasteiger partial charge in [-0.15, -0.1) is 0 Å². The Labute approximate surface area is 173 Å². The molecule has 0 spiro atoms. The number of hydrogen-bond donors (Lipinski definition) is 0. The maximum Gasteiger partial charge on any atom is 0.163 e. The number of rotatable bonds is 4. The number of ether oxygens (including phenoxy) is 2. The number of carbonyl (C=O) groups is 2. The van der Waals surface area contributed by atoms with Crippen LogP contribution in [0, 0.1) is 5.41 Å². The quantitative estimate of drug-likeness (QED) is 0.685. The standard InChI is InChI=1S/C25H32O4/c1-25(2,19-11-9-17(15-21(19)26)23-7-3-5-13-28-23)20-12-10-18(16-22(20)27)24-8-4-6-14-29-24/h9-12,23-24H,3-8,13-16H2,1-2H3. The van der Waals surface area contributed by atoms with Crippen LogP contribution in [0.25, 0.3) is 0 Å². The zero-order valence-corrected chi connectivity index (χ0v) is 17.7. The molecule has 4 nitrogen and oxygen atoms in total. The molecule has 0 aromatic heterocycles. The molecule has 2 fully saturated rings. The zero-order valence-electron chi connectivity index (χ0n) is 17.7. The van der Waals surface area contributed by atoms with Crippen molar-refractivity contribution in [3.05, 3.63) is 46.6 Å². The lowest BCUT2D eigenvalue weighted by Crippen LogP contribution is -2.33. The molecule has 2 atom stereocenters. The first kappa shape index (κ1) is 20.5. The first-order chi connectivity index (χ1) is 14.0. The summed E-state index contributed by atoms with van der Waals surface area (Å²) in [7, 11) is 0. The molecule has 0 saturated carbocycles. The van der Waals surface area contributed by atoms with Crippen LogP contribution < -0.4 is 0 Å². The lowest BCUT2D eigenvalue weighted by Gasteiger charge is -2.35. The fourth-order valence-corrected chi connectivity index (χ4v) is 5.01. The van der Waals surface area contributed by atoms with Crippen LogP contribution in [-0.2, 0) is 19.1 Å². The molecule has 0 amide bonds. The van der Waals surface area contributed by atoms with Crippen molar-refractivity contribution in [2.75, 3.05) is 13.2 Å². The van der Waals surface area contributed by atoms with Gasteiger partial charge in [-0.1, -0.05) is 38.2 Å². The molecular weight excluding hydrogens is 364 g/mol. The molecular formula is C25H32O4. The van der Waals surface area contributed by atoms with Gasteiger partial charge in [0, 0.05) is 42.6 Å². The van der Waals surface area contributed by atoms with Gasteiger partial charge in [-0.2, -0.15) is 0 Å². The van der Waals surface area contributed by atoms with Crippen LogP contribution in [-0.4, -0.2) is 37.0 Å². The minimum atomic E-state index is -0.598. The molecule has 0 radical (unpaired) electrons. The predicted octanol–water partition coefficient (Wildman–Crippen LogP) is 4.80. The van der Waals surface area contributed by atoms with Crippen molar-refractivity contribution in [2.24, 2.45) is 5.41 Å². The van der Waals surface area contributed by atoms with Gasteiger partial charge in [-0.25, -0.2) is 0 Å². The molecule has 0 bridgehead atoms. The van der Waals surface area contributed by atoms with E-state index in [4.69, 9.17) is 9.47 Å². The van der Waals surface area contributed by atoms with Gasteiger partial charge < -0.3 is 9.47 Å². The number of Topliss-reactive ketones (excluding diaryl/α,β-unsaturated/α-hetero) is 2. The summed E-state index contributed by atoms with van der Waals surface area (Å²) < 4.78 is 11.7. The molecule has 4 aliphatic rings. The van der Waals surface area contributed by atoms with Crippen LogP contribution in [0.2, 0.25) is 0 Å². The molecule has 4 heteroatoms. The highest BCUT2D eigenvalue weighted by Gasteiger charge is 2.39. The highest BCUT2D eigenvalue weighted by atomic mass is 16.5. The number of ketones is 2. The van der Waals surface area contributed by atoms with Gasteiger partial charge in [0.15, 0.2) is 11.6 Å². The summed E-state index contributed by atoms with van der Waals surface area (Å²) >= 11 is 0. The summed E-state index contributed by atoms with van der Waals surface area (Å²) in [6.07, 6.45) is 15.4. The molecule has 0 aromatic carbocycles. The Bertz CT molecular complexity index is 731. The molecule has 2 heterocycles. The van der Waals surface area contributed by atoms with E-state index in [2.05, 4.69) is 12.2 Å². The van der Waals surface area contributed by atoms with Crippen molar-refractivity contribution in [1.82, 2.24) is 0 Å². The zero-order chi connectivity index (χ0) is 20.4. The fraction of sp³-hybridized carbons (Fsp3) is 0.600. The minimum absolute atomic E-state index is 0.0742. The Morgan fingerprint density at radius 2 is 1.17 bits per heavy atom. The van der Waals surface area contributed by atoms with E-state index in [1.165, 1.54) is 0 Å². The topological polar surface area (TPSA) is 52.6 Å². The SMILES string of the molecule is CC(C)(C1=CC=C(C2CCCCO2)CC1=O)C1=CC=C(C2CCCCO2)CC1=O. The summed E-state index contributed by atoms with van der Waals surface area (Å²) in [5, 5.41) is 0. The Morgan fingerprint density at radius 1 is 0.724 bits per heavy atom. The molecule has 2 aliphatic carbocycles. The number of allylic oxidation sites excluding steroid dienone is 6. The predicted molar refractivity (Wildman–Crippen MR) is 113 cm³/mol. The van der Waals surface area contributed by atoms with Gasteiger partial charge in [-0.05, 0) is 49.7 Å². The van der Waals surface area contributed by atoms with Crippen LogP contribution in [0.4, 0.5) is 0 Å². The molecule has 0 aromatic rings. The maximum atomic E-state index is 13.0. The summed E-state index contributed by atoms with van der Waals surface area (Å²) in [5.41, 5.74) is 3.01. The second-order valence-electron chi connectivity index (χ2n) is 9.18. The third kappa shape index (κ3) is 4.24. The Hall–Kier alpha value is -1.78. The lowest BCUT2D eigenvalue weighted by atomic mass is 9.69. The van der Waals surface area contributed by atoms with Crippen molar-refractivity contribution in [3.8, 4) is 0 Å². The third-order valence-electron chi connectivity index (χ3n) is 6.79. The van der Waals surface area contributed by atoms with Crippen LogP contribution >= 0.6 is 0 Å². The van der Waals surface area contributed by atoms with Gasteiger partial charge in [0.2, 0.25) is 0 Å². The fourth-order valence-electron chi connectivity index (χ4n) is 5.01. The smallest absolute Gasteiger partial charge is 0.163 e. The van der Waals surface area contributed by atoms with Crippen molar-refractivity contribution in [1.29, 1.82) is 0 Å². The van der Waals surface area contributed by atoms with Crippen LogP contribution in [0.1, 0.15) is 65.2 Å². The summed E-state index contributed by atoms with van der Waals surface area (Å²) in [4.78, 5) is 26.0. The monoisotopic (exact) mass is 396 g/mol. The normalized spacial score (nSPS) is 29.0. The Balaban J connectivity index is 1.55. The van der Waals surface area contributed by atoms with E-state index in [0.29, 0.717) is 12.8 Å². The first-order valence-corrected chi connectivity index (χ1v) is 11.1. The van der Waals surface area contributed by atoms with Crippen molar-refractivity contribution in [3.63, 3.8) is 0 Å². The van der Waals surface area contributed by atoms with Crippen LogP contribution in [0.5, 0.6) is 0 Å². The summed E-state index contributed by atoms with van der Waals surface area (Å²) in [5.74, 6) is 0.224. The highest BCUT2D eigenvalue weighted by molar-refractivity contribution is 6.06. The van der Waals surface area contributed by atoms with Crippen molar-refractivity contribution >= 4 is 11.6 Å². The minimum Gasteiger partial charge on any atom is -0.374 e. The molecule has 2 saturated heterocycles. The second kappa shape index (κ2) is 8.53. The first-order valence-electron chi connectivity index (χ1n) is 11.1. The molecule has 29 heavy (non-hydrogen) atoms. The van der Waals surface area contributed by atoms with E-state index >= 15 is 0 Å². The van der Waals surface area contributed by atoms with Crippen molar-refractivity contribution in [2.45, 2.75) is 77.4 Å². The largest absolute Gasteiger partial charge is 0.374 e. The van der Waals surface area contributed by atoms with E-state index in [1.54, 1.807) is 0 Å². The van der Waals surface area contributed by atoms with E-state index in [-0.39, 0.29) is 23.8 Å². The number of carbonyl (C=O) groups excluding carboxylic acids is 2. The lowest BCUT2D eigenvalue weighted by molar-refractivity contribution is -0.117. The molecule has 2 unspecified atom stereocenters. The van der Waals surface area contributed by atoms with Gasteiger partial charge >= 0.3 is 0 Å². The maximum absolute atomic E-state index is 13.0. The third-order valence-corrected chi connectivity index (χ3v) is 6.79.